The highest BCUT2D eigenvalue weighted by Crippen LogP contribution is 2.25. The van der Waals surface area contributed by atoms with Crippen LogP contribution in [0.1, 0.15) is 5.56 Å². The van der Waals surface area contributed by atoms with E-state index < -0.39 is 10.7 Å². The van der Waals surface area contributed by atoms with Crippen LogP contribution in [0.3, 0.4) is 0 Å². The van der Waals surface area contributed by atoms with Crippen molar-refractivity contribution < 1.29 is 18.8 Å². The minimum atomic E-state index is -0.668. The Kier molecular flexibility index (Phi) is 5.89. The average molecular weight is 347 g/mol. The molecule has 0 fully saturated rings. The van der Waals surface area contributed by atoms with Crippen molar-refractivity contribution in [1.29, 1.82) is 0 Å². The Labute approximate surface area is 144 Å². The predicted octanol–water partition coefficient (Wildman–Crippen LogP) is 2.81. The van der Waals surface area contributed by atoms with Gasteiger partial charge in [0, 0.05) is 20.6 Å². The molecule has 1 amide bonds. The third-order valence-corrected chi connectivity index (χ3v) is 3.40. The van der Waals surface area contributed by atoms with Crippen molar-refractivity contribution in [3.05, 3.63) is 64.0 Å². The van der Waals surface area contributed by atoms with E-state index in [9.17, 15) is 19.3 Å². The van der Waals surface area contributed by atoms with Gasteiger partial charge in [-0.15, -0.1) is 0 Å². The lowest BCUT2D eigenvalue weighted by Gasteiger charge is -2.12. The molecule has 0 aromatic heterocycles. The average Bonchev–Trinajstić information content (AvgIpc) is 2.58. The molecule has 0 unspecified atom stereocenters. The molecular weight excluding hydrogens is 329 g/mol. The van der Waals surface area contributed by atoms with E-state index in [0.29, 0.717) is 5.75 Å². The van der Waals surface area contributed by atoms with E-state index in [2.05, 4.69) is 5.32 Å². The first-order chi connectivity index (χ1) is 11.9. The van der Waals surface area contributed by atoms with Gasteiger partial charge in [-0.1, -0.05) is 12.1 Å². The highest BCUT2D eigenvalue weighted by atomic mass is 19.1. The quantitative estimate of drug-likeness (QED) is 0.615. The number of nitro benzene ring substituents is 1. The van der Waals surface area contributed by atoms with Gasteiger partial charge in [0.05, 0.1) is 11.0 Å². The van der Waals surface area contributed by atoms with Crippen molar-refractivity contribution in [2.45, 2.75) is 6.54 Å². The van der Waals surface area contributed by atoms with Gasteiger partial charge in [-0.25, -0.2) is 4.39 Å². The van der Waals surface area contributed by atoms with Crippen LogP contribution in [0.25, 0.3) is 0 Å². The fraction of sp³-hybridized carbons (Fsp3) is 0.235. The second-order valence-electron chi connectivity index (χ2n) is 5.50. The van der Waals surface area contributed by atoms with Gasteiger partial charge in [-0.3, -0.25) is 14.9 Å². The molecule has 0 radical (unpaired) electrons. The smallest absolute Gasteiger partial charge is 0.295 e. The van der Waals surface area contributed by atoms with E-state index in [4.69, 9.17) is 4.74 Å². The summed E-state index contributed by atoms with van der Waals surface area (Å²) >= 11 is 0. The third-order valence-electron chi connectivity index (χ3n) is 3.40. The summed E-state index contributed by atoms with van der Waals surface area (Å²) in [4.78, 5) is 23.3. The van der Waals surface area contributed by atoms with E-state index in [0.717, 1.165) is 17.7 Å². The lowest BCUT2D eigenvalue weighted by Crippen LogP contribution is -2.27. The molecule has 0 atom stereocenters. The highest BCUT2D eigenvalue weighted by molar-refractivity contribution is 5.77. The number of likely N-dealkylation sites (N-methyl/N-ethyl adjacent to an activating group) is 1. The Hall–Kier alpha value is -3.16. The third kappa shape index (κ3) is 5.17. The van der Waals surface area contributed by atoms with Crippen LogP contribution in [-0.2, 0) is 11.3 Å². The summed E-state index contributed by atoms with van der Waals surface area (Å²) in [6.07, 6.45) is 0. The monoisotopic (exact) mass is 347 g/mol. The number of hydrogen-bond donors (Lipinski definition) is 1. The van der Waals surface area contributed by atoms with Gasteiger partial charge in [-0.05, 0) is 29.8 Å². The predicted molar refractivity (Wildman–Crippen MR) is 91.0 cm³/mol. The van der Waals surface area contributed by atoms with Crippen molar-refractivity contribution in [1.82, 2.24) is 4.90 Å². The van der Waals surface area contributed by atoms with Crippen molar-refractivity contribution in [3.8, 4) is 5.75 Å². The number of carbonyl (C=O) groups excluding carboxylic acids is 1. The molecule has 0 aliphatic heterocycles. The summed E-state index contributed by atoms with van der Waals surface area (Å²) in [7, 11) is 3.28. The maximum atomic E-state index is 13.2. The number of hydrogen-bond acceptors (Lipinski definition) is 5. The minimum absolute atomic E-state index is 0.0761. The molecule has 0 aliphatic rings. The second-order valence-corrected chi connectivity index (χ2v) is 5.50. The summed E-state index contributed by atoms with van der Waals surface area (Å²) in [5, 5.41) is 13.9. The summed E-state index contributed by atoms with van der Waals surface area (Å²) in [5.41, 5.74) is 0.693. The molecule has 0 saturated carbocycles. The summed E-state index contributed by atoms with van der Waals surface area (Å²) in [6, 6.07) is 10.4. The number of halogens is 1. The molecule has 2 aromatic carbocycles. The number of benzene rings is 2. The van der Waals surface area contributed by atoms with Gasteiger partial charge in [-0.2, -0.15) is 0 Å². The van der Waals surface area contributed by atoms with E-state index in [1.165, 1.54) is 11.0 Å². The molecule has 0 spiro atoms. The van der Waals surface area contributed by atoms with Crippen LogP contribution in [0.5, 0.6) is 5.75 Å². The zero-order valence-corrected chi connectivity index (χ0v) is 13.9. The van der Waals surface area contributed by atoms with Gasteiger partial charge < -0.3 is 15.0 Å². The first-order valence-corrected chi connectivity index (χ1v) is 7.46. The van der Waals surface area contributed by atoms with Gasteiger partial charge in [0.15, 0.2) is 6.61 Å². The molecule has 25 heavy (non-hydrogen) atoms. The molecule has 132 valence electrons. The Balaban J connectivity index is 2.03. The van der Waals surface area contributed by atoms with Crippen molar-refractivity contribution in [2.24, 2.45) is 0 Å². The van der Waals surface area contributed by atoms with Crippen LogP contribution >= 0.6 is 0 Å². The SMILES string of the molecule is CN(C)C(=O)COc1cccc(CNc2ccc(F)cc2[N+](=O)[O-])c1. The van der Waals surface area contributed by atoms with Crippen molar-refractivity contribution in [2.75, 3.05) is 26.0 Å². The van der Waals surface area contributed by atoms with Gasteiger partial charge in [0.2, 0.25) is 0 Å². The summed E-state index contributed by atoms with van der Waals surface area (Å²) in [6.45, 7) is 0.207. The lowest BCUT2D eigenvalue weighted by molar-refractivity contribution is -0.384. The van der Waals surface area contributed by atoms with Gasteiger partial charge in [0.1, 0.15) is 17.3 Å². The van der Waals surface area contributed by atoms with Crippen molar-refractivity contribution >= 4 is 17.3 Å². The maximum absolute atomic E-state index is 13.2. The van der Waals surface area contributed by atoms with Crippen LogP contribution in [0.4, 0.5) is 15.8 Å². The number of ether oxygens (including phenoxy) is 1. The molecule has 8 heteroatoms. The van der Waals surface area contributed by atoms with Crippen LogP contribution in [0.15, 0.2) is 42.5 Å². The van der Waals surface area contributed by atoms with Crippen LogP contribution in [0.2, 0.25) is 0 Å². The Bertz CT molecular complexity index is 780. The number of amides is 1. The fourth-order valence-electron chi connectivity index (χ4n) is 2.02. The van der Waals surface area contributed by atoms with Crippen LogP contribution < -0.4 is 10.1 Å². The largest absolute Gasteiger partial charge is 0.484 e. The first kappa shape index (κ1) is 18.2. The number of nitro groups is 1. The molecule has 1 N–H and O–H groups in total. The van der Waals surface area contributed by atoms with E-state index >= 15 is 0 Å². The Morgan fingerprint density at radius 3 is 2.72 bits per heavy atom. The van der Waals surface area contributed by atoms with E-state index in [1.807, 2.05) is 6.07 Å². The zero-order valence-electron chi connectivity index (χ0n) is 13.9. The lowest BCUT2D eigenvalue weighted by atomic mass is 10.2. The molecule has 0 bridgehead atoms. The van der Waals surface area contributed by atoms with E-state index in [1.54, 1.807) is 32.3 Å². The number of nitrogens with zero attached hydrogens (tertiary/aromatic N) is 2. The van der Waals surface area contributed by atoms with Gasteiger partial charge in [0.25, 0.3) is 11.6 Å². The van der Waals surface area contributed by atoms with E-state index in [-0.39, 0.29) is 30.4 Å². The zero-order chi connectivity index (χ0) is 18.4. The summed E-state index contributed by atoms with van der Waals surface area (Å²) < 4.78 is 18.6. The second kappa shape index (κ2) is 8.09. The normalized spacial score (nSPS) is 10.2. The molecule has 2 rings (SSSR count). The molecule has 7 nitrogen and oxygen atoms in total. The number of nitrogens with one attached hydrogen (secondary N) is 1. The number of carbonyl (C=O) groups is 1. The standard InChI is InChI=1S/C17H18FN3O4/c1-20(2)17(22)11-25-14-5-3-4-12(8-14)10-19-15-7-6-13(18)9-16(15)21(23)24/h3-9,19H,10-11H2,1-2H3. The topological polar surface area (TPSA) is 84.7 Å². The Morgan fingerprint density at radius 2 is 2.04 bits per heavy atom. The van der Waals surface area contributed by atoms with Gasteiger partial charge >= 0.3 is 0 Å². The van der Waals surface area contributed by atoms with Crippen LogP contribution in [-0.4, -0.2) is 36.4 Å². The number of rotatable bonds is 7. The molecule has 0 heterocycles. The maximum Gasteiger partial charge on any atom is 0.295 e. The van der Waals surface area contributed by atoms with Crippen LogP contribution in [0, 0.1) is 15.9 Å². The number of anilines is 1. The summed E-state index contributed by atoms with van der Waals surface area (Å²) in [5.74, 6) is -0.313. The minimum Gasteiger partial charge on any atom is -0.484 e. The first-order valence-electron chi connectivity index (χ1n) is 7.46. The Morgan fingerprint density at radius 1 is 1.28 bits per heavy atom. The fourth-order valence-corrected chi connectivity index (χ4v) is 2.02. The van der Waals surface area contributed by atoms with Crippen molar-refractivity contribution in [3.63, 3.8) is 0 Å². The molecular formula is C17H18FN3O4. The highest BCUT2D eigenvalue weighted by Gasteiger charge is 2.14. The molecule has 2 aromatic rings. The molecule has 0 aliphatic carbocycles. The molecule has 0 saturated heterocycles.